The number of aromatic nitrogens is 1. The summed E-state index contributed by atoms with van der Waals surface area (Å²) in [7, 11) is 0. The zero-order valence-electron chi connectivity index (χ0n) is 11.5. The molecule has 0 atom stereocenters. The molecule has 2 aromatic heterocycles. The number of nitrogens with one attached hydrogen (secondary N) is 1. The third-order valence-corrected chi connectivity index (χ3v) is 5.10. The Morgan fingerprint density at radius 2 is 2.25 bits per heavy atom. The summed E-state index contributed by atoms with van der Waals surface area (Å²) in [6.45, 7) is 2.99. The minimum absolute atomic E-state index is 0.740. The predicted octanol–water partition coefficient (Wildman–Crippen LogP) is 2.96. The average Bonchev–Trinajstić information content (AvgIpc) is 3.20. The van der Waals surface area contributed by atoms with E-state index >= 15 is 0 Å². The smallest absolute Gasteiger partial charge is 0.129 e. The quantitative estimate of drug-likeness (QED) is 0.936. The maximum Gasteiger partial charge on any atom is 0.129 e. The topological polar surface area (TPSA) is 28.2 Å². The first-order valence-electron chi connectivity index (χ1n) is 7.38. The van der Waals surface area contributed by atoms with Gasteiger partial charge in [-0.1, -0.05) is 6.07 Å². The van der Waals surface area contributed by atoms with Gasteiger partial charge in [-0.05, 0) is 48.4 Å². The molecule has 0 aromatic carbocycles. The van der Waals surface area contributed by atoms with E-state index in [0.717, 1.165) is 43.6 Å². The molecular formula is C16H19N3S. The molecule has 3 nitrogen and oxygen atoms in total. The van der Waals surface area contributed by atoms with Gasteiger partial charge < -0.3 is 10.2 Å². The molecule has 1 saturated carbocycles. The highest BCUT2D eigenvalue weighted by Crippen LogP contribution is 2.27. The largest absolute Gasteiger partial charge is 0.352 e. The van der Waals surface area contributed by atoms with Gasteiger partial charge in [-0.15, -0.1) is 11.3 Å². The van der Waals surface area contributed by atoms with Gasteiger partial charge in [-0.3, -0.25) is 0 Å². The van der Waals surface area contributed by atoms with Crippen LogP contribution in [0.3, 0.4) is 0 Å². The summed E-state index contributed by atoms with van der Waals surface area (Å²) in [6, 6.07) is 9.39. The SMILES string of the molecule is c1cc(CNC2CC2)nc(N2CCc3sccc3C2)c1. The zero-order valence-corrected chi connectivity index (χ0v) is 12.3. The van der Waals surface area contributed by atoms with Crippen LogP contribution < -0.4 is 10.2 Å². The first-order valence-corrected chi connectivity index (χ1v) is 8.26. The summed E-state index contributed by atoms with van der Waals surface area (Å²) < 4.78 is 0. The van der Waals surface area contributed by atoms with Crippen LogP contribution in [0.1, 0.15) is 29.0 Å². The van der Waals surface area contributed by atoms with Gasteiger partial charge in [-0.25, -0.2) is 4.98 Å². The Morgan fingerprint density at radius 3 is 3.15 bits per heavy atom. The lowest BCUT2D eigenvalue weighted by Crippen LogP contribution is -2.30. The lowest BCUT2D eigenvalue weighted by atomic mass is 10.1. The number of hydrogen-bond donors (Lipinski definition) is 1. The van der Waals surface area contributed by atoms with Crippen LogP contribution in [0.4, 0.5) is 5.82 Å². The Labute approximate surface area is 123 Å². The molecule has 0 radical (unpaired) electrons. The van der Waals surface area contributed by atoms with Crippen molar-refractivity contribution in [3.05, 3.63) is 45.8 Å². The van der Waals surface area contributed by atoms with Crippen molar-refractivity contribution < 1.29 is 0 Å². The van der Waals surface area contributed by atoms with E-state index in [1.54, 1.807) is 4.88 Å². The summed E-state index contributed by atoms with van der Waals surface area (Å²) in [5.41, 5.74) is 2.63. The summed E-state index contributed by atoms with van der Waals surface area (Å²) in [4.78, 5) is 8.77. The van der Waals surface area contributed by atoms with E-state index in [9.17, 15) is 0 Å². The van der Waals surface area contributed by atoms with E-state index in [1.807, 2.05) is 11.3 Å². The Morgan fingerprint density at radius 1 is 1.30 bits per heavy atom. The van der Waals surface area contributed by atoms with Crippen molar-refractivity contribution in [1.82, 2.24) is 10.3 Å². The highest BCUT2D eigenvalue weighted by Gasteiger charge is 2.21. The first-order chi connectivity index (χ1) is 9.88. The fourth-order valence-corrected chi connectivity index (χ4v) is 3.61. The molecule has 1 aliphatic carbocycles. The highest BCUT2D eigenvalue weighted by molar-refractivity contribution is 7.10. The Hall–Kier alpha value is -1.39. The minimum atomic E-state index is 0.740. The molecule has 0 unspecified atom stereocenters. The number of fused-ring (bicyclic) bond motifs is 1. The maximum absolute atomic E-state index is 4.82. The second-order valence-electron chi connectivity index (χ2n) is 5.68. The monoisotopic (exact) mass is 285 g/mol. The summed E-state index contributed by atoms with van der Waals surface area (Å²) >= 11 is 1.89. The molecule has 1 aliphatic heterocycles. The predicted molar refractivity (Wildman–Crippen MR) is 83.2 cm³/mol. The van der Waals surface area contributed by atoms with Gasteiger partial charge >= 0.3 is 0 Å². The third-order valence-electron chi connectivity index (χ3n) is 4.07. The van der Waals surface area contributed by atoms with Crippen molar-refractivity contribution in [1.29, 1.82) is 0 Å². The van der Waals surface area contributed by atoms with Crippen LogP contribution in [0.15, 0.2) is 29.6 Å². The number of nitrogens with zero attached hydrogens (tertiary/aromatic N) is 2. The van der Waals surface area contributed by atoms with E-state index in [-0.39, 0.29) is 0 Å². The molecule has 4 heteroatoms. The van der Waals surface area contributed by atoms with E-state index in [2.05, 4.69) is 39.9 Å². The lowest BCUT2D eigenvalue weighted by molar-refractivity contribution is 0.668. The number of anilines is 1. The Balaban J connectivity index is 1.49. The van der Waals surface area contributed by atoms with Crippen molar-refractivity contribution in [3.63, 3.8) is 0 Å². The van der Waals surface area contributed by atoms with Crippen LogP contribution in [-0.4, -0.2) is 17.6 Å². The fourth-order valence-electron chi connectivity index (χ4n) is 2.72. The summed E-state index contributed by atoms with van der Waals surface area (Å²) in [5, 5.41) is 5.74. The standard InChI is InChI=1S/C16H19N3S/c1-2-14(10-17-13-4-5-13)18-16(3-1)19-8-6-15-12(11-19)7-9-20-15/h1-3,7,9,13,17H,4-6,8,10-11H2. The second kappa shape index (κ2) is 5.19. The molecule has 2 aliphatic rings. The summed E-state index contributed by atoms with van der Waals surface area (Å²) in [5.74, 6) is 1.12. The zero-order chi connectivity index (χ0) is 13.4. The minimum Gasteiger partial charge on any atom is -0.352 e. The molecule has 1 fully saturated rings. The van der Waals surface area contributed by atoms with Gasteiger partial charge in [0.05, 0.1) is 5.69 Å². The molecule has 20 heavy (non-hydrogen) atoms. The van der Waals surface area contributed by atoms with Crippen LogP contribution in [0.25, 0.3) is 0 Å². The van der Waals surface area contributed by atoms with E-state index < -0.39 is 0 Å². The molecule has 0 amide bonds. The third kappa shape index (κ3) is 2.58. The maximum atomic E-state index is 4.82. The Bertz CT molecular complexity index is 603. The van der Waals surface area contributed by atoms with Crippen molar-refractivity contribution in [2.45, 2.75) is 38.4 Å². The van der Waals surface area contributed by atoms with Crippen LogP contribution in [0.2, 0.25) is 0 Å². The van der Waals surface area contributed by atoms with Crippen LogP contribution in [0.5, 0.6) is 0 Å². The van der Waals surface area contributed by atoms with Gasteiger partial charge in [0.25, 0.3) is 0 Å². The van der Waals surface area contributed by atoms with Crippen LogP contribution in [0, 0.1) is 0 Å². The van der Waals surface area contributed by atoms with E-state index in [4.69, 9.17) is 4.98 Å². The van der Waals surface area contributed by atoms with E-state index in [1.165, 1.54) is 18.4 Å². The fraction of sp³-hybridized carbons (Fsp3) is 0.438. The van der Waals surface area contributed by atoms with Crippen LogP contribution in [-0.2, 0) is 19.5 Å². The molecule has 0 spiro atoms. The van der Waals surface area contributed by atoms with Gasteiger partial charge in [0, 0.05) is 30.6 Å². The van der Waals surface area contributed by atoms with Crippen molar-refractivity contribution >= 4 is 17.2 Å². The van der Waals surface area contributed by atoms with Gasteiger partial charge in [-0.2, -0.15) is 0 Å². The van der Waals surface area contributed by atoms with Gasteiger partial charge in [0.1, 0.15) is 5.82 Å². The van der Waals surface area contributed by atoms with E-state index in [0.29, 0.717) is 0 Å². The number of thiophene rings is 1. The van der Waals surface area contributed by atoms with Crippen molar-refractivity contribution in [2.24, 2.45) is 0 Å². The number of pyridine rings is 1. The first kappa shape index (κ1) is 12.4. The van der Waals surface area contributed by atoms with Gasteiger partial charge in [0.2, 0.25) is 0 Å². The Kier molecular flexibility index (Phi) is 3.20. The van der Waals surface area contributed by atoms with Crippen LogP contribution >= 0.6 is 11.3 Å². The molecule has 4 rings (SSSR count). The summed E-state index contributed by atoms with van der Waals surface area (Å²) in [6.07, 6.45) is 3.80. The number of hydrogen-bond acceptors (Lipinski definition) is 4. The molecule has 0 saturated heterocycles. The molecule has 2 aromatic rings. The van der Waals surface area contributed by atoms with Gasteiger partial charge in [0.15, 0.2) is 0 Å². The lowest BCUT2D eigenvalue weighted by Gasteiger charge is -2.28. The molecular weight excluding hydrogens is 266 g/mol. The second-order valence-corrected chi connectivity index (χ2v) is 6.68. The molecule has 1 N–H and O–H groups in total. The van der Waals surface area contributed by atoms with Crippen molar-refractivity contribution in [3.8, 4) is 0 Å². The number of rotatable bonds is 4. The van der Waals surface area contributed by atoms with Crippen molar-refractivity contribution in [2.75, 3.05) is 11.4 Å². The highest BCUT2D eigenvalue weighted by atomic mass is 32.1. The normalized spacial score (nSPS) is 18.1. The average molecular weight is 285 g/mol. The molecule has 0 bridgehead atoms. The molecule has 3 heterocycles. The molecule has 104 valence electrons.